The van der Waals surface area contributed by atoms with Crippen LogP contribution < -0.4 is 0 Å². The maximum absolute atomic E-state index is 12.3. The molecule has 0 radical (unpaired) electrons. The van der Waals surface area contributed by atoms with Crippen molar-refractivity contribution in [3.05, 3.63) is 59.7 Å². The number of hydrogen-bond donors (Lipinski definition) is 0. The average Bonchev–Trinajstić information content (AvgIpc) is 2.39. The zero-order valence-electron chi connectivity index (χ0n) is 9.42. The SMILES string of the molecule is Cc1ccc([S@](=O)c2ccccc2C=O)cc1. The minimum Gasteiger partial charge on any atom is -0.298 e. The molecule has 0 saturated carbocycles. The van der Waals surface area contributed by atoms with E-state index in [0.717, 1.165) is 11.8 Å². The molecular weight excluding hydrogens is 232 g/mol. The van der Waals surface area contributed by atoms with Gasteiger partial charge in [-0.15, -0.1) is 0 Å². The zero-order chi connectivity index (χ0) is 12.3. The highest BCUT2D eigenvalue weighted by Crippen LogP contribution is 2.19. The highest BCUT2D eigenvalue weighted by Gasteiger charge is 2.10. The third kappa shape index (κ3) is 2.50. The first-order valence-corrected chi connectivity index (χ1v) is 6.40. The van der Waals surface area contributed by atoms with Crippen molar-refractivity contribution in [2.75, 3.05) is 0 Å². The molecule has 0 unspecified atom stereocenters. The van der Waals surface area contributed by atoms with Gasteiger partial charge in [0.1, 0.15) is 0 Å². The van der Waals surface area contributed by atoms with Crippen LogP contribution in [0.1, 0.15) is 15.9 Å². The van der Waals surface area contributed by atoms with Gasteiger partial charge in [0, 0.05) is 10.5 Å². The van der Waals surface area contributed by atoms with Crippen LogP contribution in [0.3, 0.4) is 0 Å². The standard InChI is InChI=1S/C14H12O2S/c1-11-6-8-13(9-7-11)17(16)14-5-3-2-4-12(14)10-15/h2-10H,1H3/t17-/m0/s1. The van der Waals surface area contributed by atoms with Crippen molar-refractivity contribution in [2.45, 2.75) is 16.7 Å². The van der Waals surface area contributed by atoms with Gasteiger partial charge in [-0.05, 0) is 25.1 Å². The van der Waals surface area contributed by atoms with Crippen molar-refractivity contribution in [3.8, 4) is 0 Å². The van der Waals surface area contributed by atoms with E-state index in [0.29, 0.717) is 15.4 Å². The van der Waals surface area contributed by atoms with Gasteiger partial charge in [-0.2, -0.15) is 0 Å². The Bertz CT molecular complexity index is 559. The molecule has 0 fully saturated rings. The van der Waals surface area contributed by atoms with Crippen molar-refractivity contribution < 1.29 is 9.00 Å². The number of carbonyl (C=O) groups is 1. The smallest absolute Gasteiger partial charge is 0.151 e. The van der Waals surface area contributed by atoms with E-state index in [2.05, 4.69) is 0 Å². The van der Waals surface area contributed by atoms with Crippen molar-refractivity contribution in [2.24, 2.45) is 0 Å². The Labute approximate surface area is 103 Å². The van der Waals surface area contributed by atoms with Crippen molar-refractivity contribution in [1.29, 1.82) is 0 Å². The summed E-state index contributed by atoms with van der Waals surface area (Å²) in [5.41, 5.74) is 1.60. The van der Waals surface area contributed by atoms with Crippen LogP contribution in [0.5, 0.6) is 0 Å². The first-order valence-electron chi connectivity index (χ1n) is 5.25. The highest BCUT2D eigenvalue weighted by molar-refractivity contribution is 7.85. The van der Waals surface area contributed by atoms with Crippen molar-refractivity contribution in [3.63, 3.8) is 0 Å². The van der Waals surface area contributed by atoms with Crippen LogP contribution in [-0.4, -0.2) is 10.5 Å². The molecule has 0 aliphatic carbocycles. The Morgan fingerprint density at radius 2 is 1.65 bits per heavy atom. The normalized spacial score (nSPS) is 12.1. The third-order valence-corrected chi connectivity index (χ3v) is 3.95. The van der Waals surface area contributed by atoms with E-state index in [9.17, 15) is 9.00 Å². The van der Waals surface area contributed by atoms with Gasteiger partial charge in [0.15, 0.2) is 6.29 Å². The number of rotatable bonds is 3. The van der Waals surface area contributed by atoms with Gasteiger partial charge in [0.25, 0.3) is 0 Å². The minimum absolute atomic E-state index is 0.478. The predicted octanol–water partition coefficient (Wildman–Crippen LogP) is 2.97. The second-order valence-corrected chi connectivity index (χ2v) is 5.19. The topological polar surface area (TPSA) is 34.1 Å². The molecule has 2 aromatic rings. The van der Waals surface area contributed by atoms with Crippen molar-refractivity contribution in [1.82, 2.24) is 0 Å². The van der Waals surface area contributed by atoms with Gasteiger partial charge in [-0.3, -0.25) is 4.79 Å². The lowest BCUT2D eigenvalue weighted by Gasteiger charge is -2.05. The Hall–Kier alpha value is -1.74. The summed E-state index contributed by atoms with van der Waals surface area (Å²) in [6, 6.07) is 14.4. The molecule has 2 aromatic carbocycles. The monoisotopic (exact) mass is 244 g/mol. The first kappa shape index (κ1) is 11.7. The van der Waals surface area contributed by atoms with Gasteiger partial charge in [-0.1, -0.05) is 35.9 Å². The van der Waals surface area contributed by atoms with Crippen LogP contribution in [0.2, 0.25) is 0 Å². The van der Waals surface area contributed by atoms with Crippen LogP contribution in [0.25, 0.3) is 0 Å². The summed E-state index contributed by atoms with van der Waals surface area (Å²) in [5.74, 6) is 0. The highest BCUT2D eigenvalue weighted by atomic mass is 32.2. The second kappa shape index (κ2) is 5.06. The second-order valence-electron chi connectivity index (χ2n) is 3.74. The van der Waals surface area contributed by atoms with Crippen LogP contribution in [0.4, 0.5) is 0 Å². The van der Waals surface area contributed by atoms with Crippen LogP contribution >= 0.6 is 0 Å². The number of carbonyl (C=O) groups excluding carboxylic acids is 1. The first-order chi connectivity index (χ1) is 8.22. The molecular formula is C14H12O2S. The lowest BCUT2D eigenvalue weighted by Crippen LogP contribution is -1.97. The van der Waals surface area contributed by atoms with Gasteiger partial charge in [-0.25, -0.2) is 4.21 Å². The number of hydrogen-bond acceptors (Lipinski definition) is 2. The Morgan fingerprint density at radius 3 is 2.29 bits per heavy atom. The minimum atomic E-state index is -1.30. The summed E-state index contributed by atoms with van der Waals surface area (Å²) in [7, 11) is -1.30. The van der Waals surface area contributed by atoms with E-state index in [-0.39, 0.29) is 0 Å². The molecule has 17 heavy (non-hydrogen) atoms. The van der Waals surface area contributed by atoms with Crippen LogP contribution in [0, 0.1) is 6.92 Å². The summed E-state index contributed by atoms with van der Waals surface area (Å²) in [6.45, 7) is 1.98. The maximum atomic E-state index is 12.3. The molecule has 0 aliphatic heterocycles. The lowest BCUT2D eigenvalue weighted by molar-refractivity contribution is 0.112. The summed E-state index contributed by atoms with van der Waals surface area (Å²) in [4.78, 5) is 12.2. The fraction of sp³-hybridized carbons (Fsp3) is 0.0714. The Balaban J connectivity index is 2.43. The molecule has 0 N–H and O–H groups in total. The number of aryl methyl sites for hydroxylation is 1. The number of benzene rings is 2. The largest absolute Gasteiger partial charge is 0.298 e. The molecule has 2 rings (SSSR count). The zero-order valence-corrected chi connectivity index (χ0v) is 10.2. The molecule has 0 spiro atoms. The summed E-state index contributed by atoms with van der Waals surface area (Å²) < 4.78 is 12.3. The Kier molecular flexibility index (Phi) is 3.49. The molecule has 0 bridgehead atoms. The predicted molar refractivity (Wildman–Crippen MR) is 67.7 cm³/mol. The van der Waals surface area contributed by atoms with Crippen LogP contribution in [0.15, 0.2) is 58.3 Å². The molecule has 0 heterocycles. The van der Waals surface area contributed by atoms with Gasteiger partial charge in [0.2, 0.25) is 0 Å². The molecule has 0 aliphatic rings. The van der Waals surface area contributed by atoms with E-state index < -0.39 is 10.8 Å². The van der Waals surface area contributed by atoms with E-state index in [1.54, 1.807) is 24.3 Å². The number of aldehydes is 1. The van der Waals surface area contributed by atoms with E-state index in [1.807, 2.05) is 31.2 Å². The average molecular weight is 244 g/mol. The summed E-state index contributed by atoms with van der Waals surface area (Å²) in [5, 5.41) is 0. The summed E-state index contributed by atoms with van der Waals surface area (Å²) >= 11 is 0. The maximum Gasteiger partial charge on any atom is 0.151 e. The van der Waals surface area contributed by atoms with Gasteiger partial charge in [0.05, 0.1) is 15.7 Å². The van der Waals surface area contributed by atoms with E-state index in [1.165, 1.54) is 0 Å². The van der Waals surface area contributed by atoms with Crippen molar-refractivity contribution >= 4 is 17.1 Å². The molecule has 3 heteroatoms. The van der Waals surface area contributed by atoms with E-state index >= 15 is 0 Å². The van der Waals surface area contributed by atoms with Gasteiger partial charge < -0.3 is 0 Å². The van der Waals surface area contributed by atoms with Gasteiger partial charge >= 0.3 is 0 Å². The molecule has 0 aromatic heterocycles. The fourth-order valence-electron chi connectivity index (χ4n) is 1.54. The molecule has 1 atom stereocenters. The Morgan fingerprint density at radius 1 is 1.00 bits per heavy atom. The molecule has 86 valence electrons. The lowest BCUT2D eigenvalue weighted by atomic mass is 10.2. The van der Waals surface area contributed by atoms with Crippen LogP contribution in [-0.2, 0) is 10.8 Å². The third-order valence-electron chi connectivity index (χ3n) is 2.48. The summed E-state index contributed by atoms with van der Waals surface area (Å²) in [6.07, 6.45) is 0.738. The quantitative estimate of drug-likeness (QED) is 0.778. The van der Waals surface area contributed by atoms with E-state index in [4.69, 9.17) is 0 Å². The fourth-order valence-corrected chi connectivity index (χ4v) is 2.71. The molecule has 0 saturated heterocycles. The molecule has 0 amide bonds. The molecule has 2 nitrogen and oxygen atoms in total.